The molecular formula is C20H25NO4. The highest BCUT2D eigenvalue weighted by atomic mass is 16.5. The maximum Gasteiger partial charge on any atom is 0.294 e. The monoisotopic (exact) mass is 343 g/mol. The Labute approximate surface area is 147 Å². The average Bonchev–Trinajstić information content (AvgIpc) is 2.54. The number of hydrogen-bond donors (Lipinski definition) is 2. The van der Waals surface area contributed by atoms with Crippen molar-refractivity contribution in [3.8, 4) is 17.2 Å². The van der Waals surface area contributed by atoms with Crippen LogP contribution >= 0.6 is 0 Å². The lowest BCUT2D eigenvalue weighted by Gasteiger charge is -2.11. The van der Waals surface area contributed by atoms with Gasteiger partial charge in [0.05, 0.1) is 12.6 Å². The first kappa shape index (κ1) is 18.6. The highest BCUT2D eigenvalue weighted by Gasteiger charge is 2.14. The smallest absolute Gasteiger partial charge is 0.294 e. The molecule has 1 aromatic heterocycles. The summed E-state index contributed by atoms with van der Waals surface area (Å²) in [6, 6.07) is 4.71. The lowest BCUT2D eigenvalue weighted by molar-refractivity contribution is 0.323. The standard InChI is InChI=1S/C20H25NO4/c1-13(2)6-5-7-14(3)10-11-25-19-18(24-4)16-9-8-15(22)12-17(16)21-20(19)23/h6,8-10,12,22H,5,7,11H2,1-4H3,(H,21,23)/b14-10+. The summed E-state index contributed by atoms with van der Waals surface area (Å²) in [6.45, 7) is 6.51. The maximum absolute atomic E-state index is 12.3. The maximum atomic E-state index is 12.3. The van der Waals surface area contributed by atoms with E-state index >= 15 is 0 Å². The number of H-pyrrole nitrogens is 1. The number of methoxy groups -OCH3 is 1. The molecule has 0 fully saturated rings. The second kappa shape index (κ2) is 8.42. The molecule has 0 unspecified atom stereocenters. The number of aromatic amines is 1. The number of aromatic hydroxyl groups is 1. The van der Waals surface area contributed by atoms with Gasteiger partial charge in [0.25, 0.3) is 5.56 Å². The molecule has 0 saturated carbocycles. The molecule has 0 saturated heterocycles. The minimum atomic E-state index is -0.384. The van der Waals surface area contributed by atoms with E-state index in [-0.39, 0.29) is 17.1 Å². The number of fused-ring (bicyclic) bond motifs is 1. The number of phenolic OH excluding ortho intramolecular Hbond substituents is 1. The van der Waals surface area contributed by atoms with Crippen molar-refractivity contribution in [2.45, 2.75) is 33.6 Å². The van der Waals surface area contributed by atoms with Gasteiger partial charge in [0, 0.05) is 11.5 Å². The fraction of sp³-hybridized carbons (Fsp3) is 0.350. The Kier molecular flexibility index (Phi) is 6.28. The number of hydrogen-bond acceptors (Lipinski definition) is 4. The van der Waals surface area contributed by atoms with Crippen LogP contribution in [0.25, 0.3) is 10.9 Å². The zero-order valence-electron chi connectivity index (χ0n) is 15.2. The molecule has 134 valence electrons. The molecular weight excluding hydrogens is 318 g/mol. The fourth-order valence-corrected chi connectivity index (χ4v) is 2.53. The quantitative estimate of drug-likeness (QED) is 0.735. The Morgan fingerprint density at radius 2 is 1.96 bits per heavy atom. The van der Waals surface area contributed by atoms with E-state index in [0.29, 0.717) is 23.3 Å². The Balaban J connectivity index is 2.18. The number of rotatable bonds is 7. The highest BCUT2D eigenvalue weighted by molar-refractivity contribution is 5.88. The summed E-state index contributed by atoms with van der Waals surface area (Å²) in [5.41, 5.74) is 2.63. The summed E-state index contributed by atoms with van der Waals surface area (Å²) in [4.78, 5) is 15.0. The lowest BCUT2D eigenvalue weighted by Crippen LogP contribution is -2.13. The largest absolute Gasteiger partial charge is 0.508 e. The van der Waals surface area contributed by atoms with Gasteiger partial charge in [0.2, 0.25) is 5.75 Å². The van der Waals surface area contributed by atoms with Crippen LogP contribution in [0.2, 0.25) is 0 Å². The van der Waals surface area contributed by atoms with Crippen molar-refractivity contribution in [3.05, 3.63) is 51.9 Å². The Bertz CT molecular complexity index is 858. The van der Waals surface area contributed by atoms with E-state index in [4.69, 9.17) is 9.47 Å². The summed E-state index contributed by atoms with van der Waals surface area (Å²) in [5, 5.41) is 10.2. The van der Waals surface area contributed by atoms with Gasteiger partial charge in [-0.3, -0.25) is 4.79 Å². The molecule has 2 rings (SSSR count). The molecule has 5 nitrogen and oxygen atoms in total. The first-order valence-electron chi connectivity index (χ1n) is 8.27. The van der Waals surface area contributed by atoms with Gasteiger partial charge in [-0.25, -0.2) is 0 Å². The lowest BCUT2D eigenvalue weighted by atomic mass is 10.1. The van der Waals surface area contributed by atoms with Gasteiger partial charge < -0.3 is 19.6 Å². The Morgan fingerprint density at radius 3 is 2.64 bits per heavy atom. The molecule has 1 aromatic carbocycles. The molecule has 0 amide bonds. The van der Waals surface area contributed by atoms with E-state index < -0.39 is 0 Å². The number of benzene rings is 1. The van der Waals surface area contributed by atoms with Crippen molar-refractivity contribution >= 4 is 10.9 Å². The molecule has 0 aliphatic carbocycles. The molecule has 1 heterocycles. The number of nitrogens with one attached hydrogen (secondary N) is 1. The number of pyridine rings is 1. The van der Waals surface area contributed by atoms with E-state index in [2.05, 4.69) is 24.9 Å². The van der Waals surface area contributed by atoms with Crippen LogP contribution in [0.15, 0.2) is 46.3 Å². The molecule has 2 N–H and O–H groups in total. The van der Waals surface area contributed by atoms with Gasteiger partial charge >= 0.3 is 0 Å². The topological polar surface area (TPSA) is 71.5 Å². The molecule has 25 heavy (non-hydrogen) atoms. The second-order valence-electron chi connectivity index (χ2n) is 6.23. The van der Waals surface area contributed by atoms with Crippen LogP contribution in [0.4, 0.5) is 0 Å². The van der Waals surface area contributed by atoms with Crippen molar-refractivity contribution < 1.29 is 14.6 Å². The summed E-state index contributed by atoms with van der Waals surface area (Å²) in [5.74, 6) is 0.595. The van der Waals surface area contributed by atoms with Crippen LogP contribution in [0.5, 0.6) is 17.2 Å². The molecule has 0 radical (unpaired) electrons. The van der Waals surface area contributed by atoms with E-state index in [1.807, 2.05) is 13.0 Å². The van der Waals surface area contributed by atoms with Crippen LogP contribution in [0.1, 0.15) is 33.6 Å². The summed E-state index contributed by atoms with van der Waals surface area (Å²) < 4.78 is 11.0. The fourth-order valence-electron chi connectivity index (χ4n) is 2.53. The van der Waals surface area contributed by atoms with Crippen molar-refractivity contribution in [1.29, 1.82) is 0 Å². The van der Waals surface area contributed by atoms with Gasteiger partial charge in [-0.1, -0.05) is 17.2 Å². The zero-order chi connectivity index (χ0) is 18.4. The van der Waals surface area contributed by atoms with Gasteiger partial charge in [-0.2, -0.15) is 0 Å². The van der Waals surface area contributed by atoms with Crippen molar-refractivity contribution in [3.63, 3.8) is 0 Å². The van der Waals surface area contributed by atoms with Gasteiger partial charge in [0.1, 0.15) is 12.4 Å². The first-order valence-corrected chi connectivity index (χ1v) is 8.27. The summed E-state index contributed by atoms with van der Waals surface area (Å²) >= 11 is 0. The van der Waals surface area contributed by atoms with Crippen molar-refractivity contribution in [2.24, 2.45) is 0 Å². The summed E-state index contributed by atoms with van der Waals surface area (Å²) in [6.07, 6.45) is 6.12. The Hall–Kier alpha value is -2.69. The van der Waals surface area contributed by atoms with Crippen LogP contribution in [-0.2, 0) is 0 Å². The minimum Gasteiger partial charge on any atom is -0.508 e. The molecule has 0 spiro atoms. The molecule has 5 heteroatoms. The molecule has 0 atom stereocenters. The zero-order valence-corrected chi connectivity index (χ0v) is 15.2. The number of allylic oxidation sites excluding steroid dienone is 3. The van der Waals surface area contributed by atoms with Gasteiger partial charge in [0.15, 0.2) is 5.75 Å². The number of ether oxygens (including phenoxy) is 2. The number of phenols is 1. The average molecular weight is 343 g/mol. The first-order chi connectivity index (χ1) is 11.9. The van der Waals surface area contributed by atoms with Gasteiger partial charge in [-0.15, -0.1) is 0 Å². The van der Waals surface area contributed by atoms with Crippen molar-refractivity contribution in [2.75, 3.05) is 13.7 Å². The van der Waals surface area contributed by atoms with E-state index in [1.54, 1.807) is 12.1 Å². The molecule has 0 bridgehead atoms. The molecule has 0 aliphatic heterocycles. The van der Waals surface area contributed by atoms with E-state index in [0.717, 1.165) is 12.8 Å². The predicted molar refractivity (Wildman–Crippen MR) is 101 cm³/mol. The SMILES string of the molecule is COc1c(OC/C=C(\C)CCC=C(C)C)c(=O)[nH]c2cc(O)ccc12. The van der Waals surface area contributed by atoms with Crippen LogP contribution < -0.4 is 15.0 Å². The van der Waals surface area contributed by atoms with Crippen LogP contribution in [0, 0.1) is 0 Å². The number of aromatic nitrogens is 1. The minimum absolute atomic E-state index is 0.0776. The second-order valence-corrected chi connectivity index (χ2v) is 6.23. The molecule has 0 aliphatic rings. The Morgan fingerprint density at radius 1 is 1.20 bits per heavy atom. The van der Waals surface area contributed by atoms with E-state index in [9.17, 15) is 9.90 Å². The van der Waals surface area contributed by atoms with Crippen LogP contribution in [-0.4, -0.2) is 23.8 Å². The third-order valence-electron chi connectivity index (χ3n) is 3.86. The van der Waals surface area contributed by atoms with Crippen LogP contribution in [0.3, 0.4) is 0 Å². The third-order valence-corrected chi connectivity index (χ3v) is 3.86. The van der Waals surface area contributed by atoms with Crippen molar-refractivity contribution in [1.82, 2.24) is 4.98 Å². The molecule has 2 aromatic rings. The van der Waals surface area contributed by atoms with Gasteiger partial charge in [-0.05, 0) is 51.8 Å². The summed E-state index contributed by atoms with van der Waals surface area (Å²) in [7, 11) is 1.49. The third kappa shape index (κ3) is 4.89. The predicted octanol–water partition coefficient (Wildman–Crippen LogP) is 4.31. The normalized spacial score (nSPS) is 11.4. The van der Waals surface area contributed by atoms with E-state index in [1.165, 1.54) is 24.3 Å². The highest BCUT2D eigenvalue weighted by Crippen LogP contribution is 2.32.